The fourth-order valence-corrected chi connectivity index (χ4v) is 2.90. The van der Waals surface area contributed by atoms with Crippen molar-refractivity contribution in [3.05, 3.63) is 34.6 Å². The van der Waals surface area contributed by atoms with Gasteiger partial charge in [0.05, 0.1) is 5.75 Å². The van der Waals surface area contributed by atoms with E-state index in [1.165, 1.54) is 11.8 Å². The average molecular weight is 325 g/mol. The SMILES string of the molecule is CCn1c(C)nnc1SCC(=O)Nc1cc(Cl)ccc1C. The number of thioether (sulfide) groups is 1. The first-order chi connectivity index (χ1) is 10.0. The molecule has 0 spiro atoms. The normalized spacial score (nSPS) is 10.7. The molecule has 0 radical (unpaired) electrons. The highest BCUT2D eigenvalue weighted by molar-refractivity contribution is 7.99. The summed E-state index contributed by atoms with van der Waals surface area (Å²) in [7, 11) is 0. The van der Waals surface area contributed by atoms with Gasteiger partial charge in [0.2, 0.25) is 5.91 Å². The molecule has 0 saturated carbocycles. The van der Waals surface area contributed by atoms with Gasteiger partial charge in [0, 0.05) is 17.3 Å². The molecule has 2 aromatic rings. The highest BCUT2D eigenvalue weighted by atomic mass is 35.5. The van der Waals surface area contributed by atoms with E-state index >= 15 is 0 Å². The lowest BCUT2D eigenvalue weighted by atomic mass is 10.2. The van der Waals surface area contributed by atoms with Gasteiger partial charge in [-0.2, -0.15) is 0 Å². The zero-order valence-electron chi connectivity index (χ0n) is 12.2. The minimum absolute atomic E-state index is 0.0892. The van der Waals surface area contributed by atoms with Crippen LogP contribution < -0.4 is 5.32 Å². The van der Waals surface area contributed by atoms with Gasteiger partial charge in [-0.1, -0.05) is 29.4 Å². The third-order valence-electron chi connectivity index (χ3n) is 3.02. The lowest BCUT2D eigenvalue weighted by Crippen LogP contribution is -2.15. The lowest BCUT2D eigenvalue weighted by molar-refractivity contribution is -0.113. The zero-order chi connectivity index (χ0) is 15.4. The summed E-state index contributed by atoms with van der Waals surface area (Å²) in [4.78, 5) is 12.0. The van der Waals surface area contributed by atoms with E-state index in [0.717, 1.165) is 28.8 Å². The van der Waals surface area contributed by atoms with Gasteiger partial charge >= 0.3 is 0 Å². The summed E-state index contributed by atoms with van der Waals surface area (Å²) < 4.78 is 1.97. The maximum atomic E-state index is 12.0. The largest absolute Gasteiger partial charge is 0.325 e. The zero-order valence-corrected chi connectivity index (χ0v) is 13.8. The van der Waals surface area contributed by atoms with Crippen molar-refractivity contribution < 1.29 is 4.79 Å². The first-order valence-corrected chi connectivity index (χ1v) is 7.96. The highest BCUT2D eigenvalue weighted by Gasteiger charge is 2.11. The number of halogens is 1. The second-order valence-corrected chi connectivity index (χ2v) is 5.95. The van der Waals surface area contributed by atoms with Gasteiger partial charge < -0.3 is 9.88 Å². The number of aryl methyl sites for hydroxylation is 2. The molecule has 0 saturated heterocycles. The Morgan fingerprint density at radius 3 is 2.86 bits per heavy atom. The predicted octanol–water partition coefficient (Wildman–Crippen LogP) is 3.30. The molecule has 0 atom stereocenters. The molecule has 2 rings (SSSR count). The van der Waals surface area contributed by atoms with Gasteiger partial charge in [0.1, 0.15) is 5.82 Å². The summed E-state index contributed by atoms with van der Waals surface area (Å²) in [6, 6.07) is 5.42. The minimum atomic E-state index is -0.0892. The number of nitrogens with one attached hydrogen (secondary N) is 1. The van der Waals surface area contributed by atoms with Crippen LogP contribution >= 0.6 is 23.4 Å². The van der Waals surface area contributed by atoms with Crippen molar-refractivity contribution in [1.82, 2.24) is 14.8 Å². The third-order valence-corrected chi connectivity index (χ3v) is 4.23. The van der Waals surface area contributed by atoms with E-state index in [1.54, 1.807) is 12.1 Å². The van der Waals surface area contributed by atoms with Gasteiger partial charge in [-0.3, -0.25) is 4.79 Å². The maximum Gasteiger partial charge on any atom is 0.234 e. The van der Waals surface area contributed by atoms with Crippen LogP contribution in [-0.4, -0.2) is 26.4 Å². The Balaban J connectivity index is 1.97. The fourth-order valence-electron chi connectivity index (χ4n) is 1.88. The van der Waals surface area contributed by atoms with Gasteiger partial charge in [0.25, 0.3) is 0 Å². The number of benzene rings is 1. The maximum absolute atomic E-state index is 12.0. The van der Waals surface area contributed by atoms with Crippen molar-refractivity contribution in [3.63, 3.8) is 0 Å². The molecular formula is C14H17ClN4OS. The first-order valence-electron chi connectivity index (χ1n) is 6.60. The quantitative estimate of drug-likeness (QED) is 0.857. The Labute approximate surface area is 133 Å². The molecule has 112 valence electrons. The van der Waals surface area contributed by atoms with E-state index in [4.69, 9.17) is 11.6 Å². The molecule has 1 amide bonds. The smallest absolute Gasteiger partial charge is 0.234 e. The second kappa shape index (κ2) is 6.95. The van der Waals surface area contributed by atoms with E-state index in [1.807, 2.05) is 31.4 Å². The van der Waals surface area contributed by atoms with Crippen molar-refractivity contribution in [2.24, 2.45) is 0 Å². The van der Waals surface area contributed by atoms with Crippen molar-refractivity contribution in [1.29, 1.82) is 0 Å². The predicted molar refractivity (Wildman–Crippen MR) is 86.0 cm³/mol. The van der Waals surface area contributed by atoms with Crippen LogP contribution in [0, 0.1) is 13.8 Å². The number of hydrogen-bond donors (Lipinski definition) is 1. The third kappa shape index (κ3) is 3.98. The lowest BCUT2D eigenvalue weighted by Gasteiger charge is -2.09. The number of amides is 1. The summed E-state index contributed by atoms with van der Waals surface area (Å²) in [5.41, 5.74) is 1.71. The van der Waals surface area contributed by atoms with E-state index < -0.39 is 0 Å². The molecule has 1 heterocycles. The van der Waals surface area contributed by atoms with Crippen LogP contribution in [0.2, 0.25) is 5.02 Å². The number of anilines is 1. The first kappa shape index (κ1) is 15.9. The molecule has 5 nitrogen and oxygen atoms in total. The Hall–Kier alpha value is -1.53. The summed E-state index contributed by atoms with van der Waals surface area (Å²) in [5, 5.41) is 12.3. The Bertz CT molecular complexity index is 656. The van der Waals surface area contributed by atoms with Crippen LogP contribution in [0.25, 0.3) is 0 Å². The van der Waals surface area contributed by atoms with E-state index in [-0.39, 0.29) is 11.7 Å². The van der Waals surface area contributed by atoms with Crippen LogP contribution in [0.5, 0.6) is 0 Å². The number of carbonyl (C=O) groups excluding carboxylic acids is 1. The van der Waals surface area contributed by atoms with E-state index in [0.29, 0.717) is 5.02 Å². The number of aromatic nitrogens is 3. The summed E-state index contributed by atoms with van der Waals surface area (Å²) in [6.07, 6.45) is 0. The second-order valence-electron chi connectivity index (χ2n) is 4.57. The Morgan fingerprint density at radius 2 is 2.14 bits per heavy atom. The Kier molecular flexibility index (Phi) is 5.25. The highest BCUT2D eigenvalue weighted by Crippen LogP contribution is 2.21. The van der Waals surface area contributed by atoms with Gasteiger partial charge in [-0.05, 0) is 38.5 Å². The van der Waals surface area contributed by atoms with Crippen molar-refractivity contribution in [2.45, 2.75) is 32.5 Å². The van der Waals surface area contributed by atoms with Gasteiger partial charge in [-0.25, -0.2) is 0 Å². The molecule has 1 N–H and O–H groups in total. The molecule has 0 bridgehead atoms. The Morgan fingerprint density at radius 1 is 1.38 bits per heavy atom. The van der Waals surface area contributed by atoms with Crippen LogP contribution in [-0.2, 0) is 11.3 Å². The summed E-state index contributed by atoms with van der Waals surface area (Å²) >= 11 is 7.31. The van der Waals surface area contributed by atoms with Crippen molar-refractivity contribution >= 4 is 35.0 Å². The molecule has 0 aliphatic carbocycles. The van der Waals surface area contributed by atoms with Crippen LogP contribution in [0.4, 0.5) is 5.69 Å². The van der Waals surface area contributed by atoms with Crippen molar-refractivity contribution in [2.75, 3.05) is 11.1 Å². The van der Waals surface area contributed by atoms with Gasteiger partial charge in [-0.15, -0.1) is 10.2 Å². The van der Waals surface area contributed by atoms with Crippen LogP contribution in [0.3, 0.4) is 0 Å². The number of rotatable bonds is 5. The molecule has 7 heteroatoms. The average Bonchev–Trinajstić information content (AvgIpc) is 2.81. The number of hydrogen-bond acceptors (Lipinski definition) is 4. The molecule has 0 fully saturated rings. The topological polar surface area (TPSA) is 59.8 Å². The summed E-state index contributed by atoms with van der Waals surface area (Å²) in [5.74, 6) is 1.05. The van der Waals surface area contributed by atoms with Crippen LogP contribution in [0.1, 0.15) is 18.3 Å². The molecule has 21 heavy (non-hydrogen) atoms. The standard InChI is InChI=1S/C14H17ClN4OS/c1-4-19-10(3)17-18-14(19)21-8-13(20)16-12-7-11(15)6-5-9(12)2/h5-7H,4,8H2,1-3H3,(H,16,20). The summed E-state index contributed by atoms with van der Waals surface area (Å²) in [6.45, 7) is 6.64. The minimum Gasteiger partial charge on any atom is -0.325 e. The molecule has 0 aliphatic heterocycles. The monoisotopic (exact) mass is 324 g/mol. The number of nitrogens with zero attached hydrogens (tertiary/aromatic N) is 3. The molecule has 1 aromatic carbocycles. The van der Waals surface area contributed by atoms with Gasteiger partial charge in [0.15, 0.2) is 5.16 Å². The molecule has 0 unspecified atom stereocenters. The van der Waals surface area contributed by atoms with Crippen molar-refractivity contribution in [3.8, 4) is 0 Å². The van der Waals surface area contributed by atoms with E-state index in [9.17, 15) is 4.79 Å². The fraction of sp³-hybridized carbons (Fsp3) is 0.357. The molecular weight excluding hydrogens is 308 g/mol. The molecule has 1 aromatic heterocycles. The van der Waals surface area contributed by atoms with E-state index in [2.05, 4.69) is 15.5 Å². The van der Waals surface area contributed by atoms with Crippen LogP contribution in [0.15, 0.2) is 23.4 Å². The molecule has 0 aliphatic rings. The number of carbonyl (C=O) groups is 1.